The maximum Gasteiger partial charge on any atom is 0.269 e. The number of anilines is 1. The van der Waals surface area contributed by atoms with Crippen LogP contribution >= 0.6 is 15.9 Å². The standard InChI is InChI=1S/C17H15BrN4O4/c18-13-2-1-3-14(10-13)20-16(23)8-9-17(24)21-19-11-12-4-6-15(7-5-12)22(25)26/h1-7,10-11H,8-9H2,(H,20,23)(H,21,24). The minimum Gasteiger partial charge on any atom is -0.326 e. The van der Waals surface area contributed by atoms with Crippen molar-refractivity contribution in [1.82, 2.24) is 5.43 Å². The Morgan fingerprint density at radius 3 is 2.46 bits per heavy atom. The Hall–Kier alpha value is -3.07. The average molecular weight is 419 g/mol. The summed E-state index contributed by atoms with van der Waals surface area (Å²) < 4.78 is 0.841. The number of nitrogens with zero attached hydrogens (tertiary/aromatic N) is 2. The van der Waals surface area contributed by atoms with Crippen LogP contribution in [0.5, 0.6) is 0 Å². The Morgan fingerprint density at radius 2 is 1.81 bits per heavy atom. The number of halogens is 1. The van der Waals surface area contributed by atoms with Crippen LogP contribution in [-0.2, 0) is 9.59 Å². The predicted molar refractivity (Wildman–Crippen MR) is 101 cm³/mol. The van der Waals surface area contributed by atoms with Gasteiger partial charge in [-0.2, -0.15) is 5.10 Å². The summed E-state index contributed by atoms with van der Waals surface area (Å²) in [5, 5.41) is 17.0. The molecule has 0 radical (unpaired) electrons. The lowest BCUT2D eigenvalue weighted by molar-refractivity contribution is -0.384. The highest BCUT2D eigenvalue weighted by Crippen LogP contribution is 2.15. The van der Waals surface area contributed by atoms with Gasteiger partial charge in [0.1, 0.15) is 0 Å². The molecule has 0 heterocycles. The van der Waals surface area contributed by atoms with Gasteiger partial charge >= 0.3 is 0 Å². The van der Waals surface area contributed by atoms with Gasteiger partial charge in [-0.25, -0.2) is 5.43 Å². The van der Waals surface area contributed by atoms with Crippen molar-refractivity contribution in [3.63, 3.8) is 0 Å². The van der Waals surface area contributed by atoms with E-state index < -0.39 is 10.8 Å². The lowest BCUT2D eigenvalue weighted by atomic mass is 10.2. The zero-order valence-electron chi connectivity index (χ0n) is 13.5. The van der Waals surface area contributed by atoms with E-state index in [4.69, 9.17) is 0 Å². The molecular weight excluding hydrogens is 404 g/mol. The van der Waals surface area contributed by atoms with E-state index in [0.29, 0.717) is 11.3 Å². The first kappa shape index (κ1) is 19.3. The van der Waals surface area contributed by atoms with Crippen LogP contribution in [0, 0.1) is 10.1 Å². The molecule has 2 aromatic rings. The Morgan fingerprint density at radius 1 is 1.12 bits per heavy atom. The number of carbonyl (C=O) groups is 2. The van der Waals surface area contributed by atoms with Gasteiger partial charge in [0.05, 0.1) is 11.1 Å². The molecule has 2 amide bonds. The van der Waals surface area contributed by atoms with Gasteiger partial charge in [-0.15, -0.1) is 0 Å². The molecule has 0 aromatic heterocycles. The number of nitro benzene ring substituents is 1. The summed E-state index contributed by atoms with van der Waals surface area (Å²) in [6.45, 7) is 0. The molecule has 134 valence electrons. The third kappa shape index (κ3) is 6.44. The van der Waals surface area contributed by atoms with E-state index in [9.17, 15) is 19.7 Å². The van der Waals surface area contributed by atoms with E-state index in [2.05, 4.69) is 31.8 Å². The van der Waals surface area contributed by atoms with Crippen molar-refractivity contribution < 1.29 is 14.5 Å². The summed E-state index contributed by atoms with van der Waals surface area (Å²) >= 11 is 3.31. The fourth-order valence-electron chi connectivity index (χ4n) is 1.93. The average Bonchev–Trinajstić information content (AvgIpc) is 2.60. The van der Waals surface area contributed by atoms with Crippen molar-refractivity contribution in [1.29, 1.82) is 0 Å². The number of amides is 2. The van der Waals surface area contributed by atoms with Crippen molar-refractivity contribution >= 4 is 45.3 Å². The van der Waals surface area contributed by atoms with Gasteiger partial charge in [0.2, 0.25) is 11.8 Å². The number of nitrogens with one attached hydrogen (secondary N) is 2. The van der Waals surface area contributed by atoms with E-state index in [1.807, 2.05) is 6.07 Å². The smallest absolute Gasteiger partial charge is 0.269 e. The number of non-ortho nitro benzene ring substituents is 1. The van der Waals surface area contributed by atoms with E-state index in [1.165, 1.54) is 30.5 Å². The van der Waals surface area contributed by atoms with Crippen LogP contribution in [0.4, 0.5) is 11.4 Å². The topological polar surface area (TPSA) is 114 Å². The number of hydrogen-bond donors (Lipinski definition) is 2. The van der Waals surface area contributed by atoms with Crippen molar-refractivity contribution in [2.75, 3.05) is 5.32 Å². The molecule has 9 heteroatoms. The van der Waals surface area contributed by atoms with Gasteiger partial charge in [0.25, 0.3) is 5.69 Å². The maximum atomic E-state index is 11.8. The second-order valence-electron chi connectivity index (χ2n) is 5.20. The van der Waals surface area contributed by atoms with Crippen molar-refractivity contribution in [2.24, 2.45) is 5.10 Å². The first-order valence-electron chi connectivity index (χ1n) is 7.56. The van der Waals surface area contributed by atoms with Crippen LogP contribution < -0.4 is 10.7 Å². The summed E-state index contributed by atoms with van der Waals surface area (Å²) in [6, 6.07) is 12.8. The third-order valence-corrected chi connectivity index (χ3v) is 3.69. The van der Waals surface area contributed by atoms with E-state index in [1.54, 1.807) is 18.2 Å². The van der Waals surface area contributed by atoms with Gasteiger partial charge in [0.15, 0.2) is 0 Å². The number of carbonyl (C=O) groups excluding carboxylic acids is 2. The van der Waals surface area contributed by atoms with Crippen LogP contribution in [0.25, 0.3) is 0 Å². The molecule has 0 aliphatic carbocycles. The third-order valence-electron chi connectivity index (χ3n) is 3.19. The summed E-state index contributed by atoms with van der Waals surface area (Å²) in [5.74, 6) is -0.690. The first-order chi connectivity index (χ1) is 12.4. The van der Waals surface area contributed by atoms with Crippen LogP contribution in [0.3, 0.4) is 0 Å². The molecule has 2 rings (SSSR count). The second-order valence-corrected chi connectivity index (χ2v) is 6.12. The number of rotatable bonds is 7. The molecule has 8 nitrogen and oxygen atoms in total. The molecule has 0 spiro atoms. The van der Waals surface area contributed by atoms with E-state index >= 15 is 0 Å². The normalized spacial score (nSPS) is 10.5. The van der Waals surface area contributed by atoms with Crippen molar-refractivity contribution in [2.45, 2.75) is 12.8 Å². The van der Waals surface area contributed by atoms with E-state index in [-0.39, 0.29) is 24.4 Å². The lowest BCUT2D eigenvalue weighted by Gasteiger charge is -2.05. The minimum absolute atomic E-state index is 0.0164. The number of nitro groups is 1. The summed E-state index contributed by atoms with van der Waals surface area (Å²) in [5.41, 5.74) is 3.52. The minimum atomic E-state index is -0.498. The molecular formula is C17H15BrN4O4. The van der Waals surface area contributed by atoms with Crippen molar-refractivity contribution in [3.05, 3.63) is 68.7 Å². The highest BCUT2D eigenvalue weighted by atomic mass is 79.9. The Bertz CT molecular complexity index is 837. The zero-order valence-corrected chi connectivity index (χ0v) is 15.1. The Balaban J connectivity index is 1.74. The fourth-order valence-corrected chi connectivity index (χ4v) is 2.33. The summed E-state index contributed by atoms with van der Waals surface area (Å²) in [4.78, 5) is 33.6. The monoisotopic (exact) mass is 418 g/mol. The van der Waals surface area contributed by atoms with Crippen LogP contribution in [0.1, 0.15) is 18.4 Å². The Kier molecular flexibility index (Phi) is 6.98. The number of hydrogen-bond acceptors (Lipinski definition) is 5. The fraction of sp³-hybridized carbons (Fsp3) is 0.118. The van der Waals surface area contributed by atoms with E-state index in [0.717, 1.165) is 4.47 Å². The molecule has 0 bridgehead atoms. The lowest BCUT2D eigenvalue weighted by Crippen LogP contribution is -2.20. The summed E-state index contributed by atoms with van der Waals surface area (Å²) in [6.07, 6.45) is 1.37. The van der Waals surface area contributed by atoms with Crippen LogP contribution in [0.2, 0.25) is 0 Å². The zero-order chi connectivity index (χ0) is 18.9. The molecule has 0 aliphatic rings. The highest BCUT2D eigenvalue weighted by Gasteiger charge is 2.07. The van der Waals surface area contributed by atoms with Crippen LogP contribution in [-0.4, -0.2) is 23.0 Å². The molecule has 0 atom stereocenters. The largest absolute Gasteiger partial charge is 0.326 e. The highest BCUT2D eigenvalue weighted by molar-refractivity contribution is 9.10. The van der Waals surface area contributed by atoms with Gasteiger partial charge in [-0.05, 0) is 35.9 Å². The summed E-state index contributed by atoms with van der Waals surface area (Å²) in [7, 11) is 0. The maximum absolute atomic E-state index is 11.8. The quantitative estimate of drug-likeness (QED) is 0.408. The second kappa shape index (κ2) is 9.42. The van der Waals surface area contributed by atoms with Gasteiger partial charge < -0.3 is 5.32 Å². The SMILES string of the molecule is O=C(CCC(=O)Nc1cccc(Br)c1)NN=Cc1ccc([N+](=O)[O-])cc1. The van der Waals surface area contributed by atoms with Gasteiger partial charge in [0, 0.05) is 35.1 Å². The van der Waals surface area contributed by atoms with Crippen LogP contribution in [0.15, 0.2) is 58.1 Å². The number of hydrazone groups is 1. The molecule has 2 N–H and O–H groups in total. The molecule has 0 saturated carbocycles. The number of benzene rings is 2. The molecule has 0 fully saturated rings. The molecule has 0 aliphatic heterocycles. The molecule has 0 unspecified atom stereocenters. The first-order valence-corrected chi connectivity index (χ1v) is 8.35. The molecule has 0 saturated heterocycles. The molecule has 26 heavy (non-hydrogen) atoms. The Labute approximate surface area is 157 Å². The van der Waals surface area contributed by atoms with Gasteiger partial charge in [-0.1, -0.05) is 22.0 Å². The molecule has 2 aromatic carbocycles. The predicted octanol–water partition coefficient (Wildman–Crippen LogP) is 3.23. The van der Waals surface area contributed by atoms with Gasteiger partial charge in [-0.3, -0.25) is 19.7 Å². The van der Waals surface area contributed by atoms with Crippen molar-refractivity contribution in [3.8, 4) is 0 Å².